The molecule has 0 saturated carbocycles. The van der Waals surface area contributed by atoms with E-state index in [0.29, 0.717) is 11.7 Å². The van der Waals surface area contributed by atoms with Gasteiger partial charge in [-0.25, -0.2) is 9.78 Å². The fourth-order valence-electron chi connectivity index (χ4n) is 1.23. The minimum Gasteiger partial charge on any atom is -0.444 e. The number of nitrogens with one attached hydrogen (secondary N) is 1. The molecule has 0 aliphatic heterocycles. The lowest BCUT2D eigenvalue weighted by Crippen LogP contribution is -2.34. The second-order valence-corrected chi connectivity index (χ2v) is 4.87. The van der Waals surface area contributed by atoms with E-state index in [1.165, 1.54) is 6.20 Å². The first-order valence-electron chi connectivity index (χ1n) is 5.63. The van der Waals surface area contributed by atoms with Gasteiger partial charge in [-0.1, -0.05) is 0 Å². The summed E-state index contributed by atoms with van der Waals surface area (Å²) in [6, 6.07) is 1.55. The average molecular weight is 251 g/mol. The molecule has 6 nitrogen and oxygen atoms in total. The summed E-state index contributed by atoms with van der Waals surface area (Å²) in [5.41, 5.74) is -0.549. The molecular formula is C12H17N3O3. The number of aromatic nitrogens is 1. The number of carbonyl (C=O) groups excluding carboxylic acids is 1. The van der Waals surface area contributed by atoms with Crippen LogP contribution in [0.5, 0.6) is 0 Å². The third kappa shape index (κ3) is 4.45. The van der Waals surface area contributed by atoms with E-state index in [9.17, 15) is 4.79 Å². The van der Waals surface area contributed by atoms with Crippen LogP contribution in [0.15, 0.2) is 10.6 Å². The quantitative estimate of drug-likeness (QED) is 0.890. The lowest BCUT2D eigenvalue weighted by molar-refractivity contribution is 0.0500. The SMILES string of the molecule is CC(NC(=O)OC(C)(C)C)c1ncc(CC#N)o1. The Labute approximate surface area is 106 Å². The van der Waals surface area contributed by atoms with Crippen molar-refractivity contribution in [2.45, 2.75) is 45.8 Å². The van der Waals surface area contributed by atoms with Gasteiger partial charge in [-0.15, -0.1) is 0 Å². The van der Waals surface area contributed by atoms with Crippen LogP contribution in [0.2, 0.25) is 0 Å². The molecule has 1 aromatic heterocycles. The number of rotatable bonds is 3. The Morgan fingerprint density at radius 3 is 2.89 bits per heavy atom. The first kappa shape index (κ1) is 14.0. The van der Waals surface area contributed by atoms with Crippen molar-refractivity contribution in [2.24, 2.45) is 0 Å². The van der Waals surface area contributed by atoms with Gasteiger partial charge in [0.1, 0.15) is 17.4 Å². The molecule has 0 aliphatic rings. The predicted molar refractivity (Wildman–Crippen MR) is 63.6 cm³/mol. The predicted octanol–water partition coefficient (Wildman–Crippen LogP) is 2.33. The Hall–Kier alpha value is -2.03. The zero-order valence-corrected chi connectivity index (χ0v) is 11.0. The Morgan fingerprint density at radius 2 is 2.33 bits per heavy atom. The highest BCUT2D eigenvalue weighted by Gasteiger charge is 2.20. The van der Waals surface area contributed by atoms with E-state index in [1.54, 1.807) is 27.7 Å². The molecule has 1 amide bonds. The van der Waals surface area contributed by atoms with Gasteiger partial charge >= 0.3 is 6.09 Å². The summed E-state index contributed by atoms with van der Waals surface area (Å²) in [6.07, 6.45) is 1.10. The first-order chi connectivity index (χ1) is 8.31. The van der Waals surface area contributed by atoms with Crippen LogP contribution < -0.4 is 5.32 Å². The van der Waals surface area contributed by atoms with Crippen molar-refractivity contribution in [3.63, 3.8) is 0 Å². The standard InChI is InChI=1S/C12H17N3O3/c1-8(15-11(16)18-12(2,3)4)10-14-7-9(17-10)5-6-13/h7-8H,5H2,1-4H3,(H,15,16). The zero-order valence-electron chi connectivity index (χ0n) is 11.0. The third-order valence-corrected chi connectivity index (χ3v) is 1.93. The van der Waals surface area contributed by atoms with E-state index in [0.717, 1.165) is 0 Å². The zero-order chi connectivity index (χ0) is 13.8. The van der Waals surface area contributed by atoms with Crippen LogP contribution in [-0.4, -0.2) is 16.7 Å². The normalized spacial score (nSPS) is 12.6. The van der Waals surface area contributed by atoms with E-state index in [-0.39, 0.29) is 6.42 Å². The maximum Gasteiger partial charge on any atom is 0.408 e. The second-order valence-electron chi connectivity index (χ2n) is 4.87. The van der Waals surface area contributed by atoms with Crippen LogP contribution in [-0.2, 0) is 11.2 Å². The molecule has 1 heterocycles. The number of alkyl carbamates (subject to hydrolysis) is 1. The van der Waals surface area contributed by atoms with Crippen LogP contribution in [0.1, 0.15) is 45.4 Å². The van der Waals surface area contributed by atoms with Gasteiger partial charge in [-0.2, -0.15) is 5.26 Å². The van der Waals surface area contributed by atoms with Crippen LogP contribution in [0.25, 0.3) is 0 Å². The molecular weight excluding hydrogens is 234 g/mol. The Morgan fingerprint density at radius 1 is 1.67 bits per heavy atom. The summed E-state index contributed by atoms with van der Waals surface area (Å²) in [5, 5.41) is 11.1. The van der Waals surface area contributed by atoms with E-state index in [4.69, 9.17) is 14.4 Å². The molecule has 0 spiro atoms. The summed E-state index contributed by atoms with van der Waals surface area (Å²) < 4.78 is 10.4. The van der Waals surface area contributed by atoms with Gasteiger partial charge in [-0.05, 0) is 27.7 Å². The molecule has 1 aromatic rings. The van der Waals surface area contributed by atoms with Crippen LogP contribution in [0.3, 0.4) is 0 Å². The molecule has 0 aromatic carbocycles. The van der Waals surface area contributed by atoms with E-state index < -0.39 is 17.7 Å². The first-order valence-corrected chi connectivity index (χ1v) is 5.63. The molecule has 0 bridgehead atoms. The topological polar surface area (TPSA) is 88.1 Å². The largest absolute Gasteiger partial charge is 0.444 e. The van der Waals surface area contributed by atoms with Gasteiger partial charge in [0.2, 0.25) is 5.89 Å². The number of hydrogen-bond acceptors (Lipinski definition) is 5. The summed E-state index contributed by atoms with van der Waals surface area (Å²) in [5.74, 6) is 0.830. The van der Waals surface area contributed by atoms with Crippen LogP contribution in [0, 0.1) is 11.3 Å². The molecule has 0 aliphatic carbocycles. The molecule has 1 N–H and O–H groups in total. The Bertz CT molecular complexity index is 454. The fourth-order valence-corrected chi connectivity index (χ4v) is 1.23. The number of amides is 1. The van der Waals surface area contributed by atoms with Crippen molar-refractivity contribution >= 4 is 6.09 Å². The summed E-state index contributed by atoms with van der Waals surface area (Å²) in [4.78, 5) is 15.5. The lowest BCUT2D eigenvalue weighted by Gasteiger charge is -2.21. The summed E-state index contributed by atoms with van der Waals surface area (Å²) in [7, 11) is 0. The molecule has 0 saturated heterocycles. The van der Waals surface area contributed by atoms with Crippen molar-refractivity contribution < 1.29 is 13.9 Å². The van der Waals surface area contributed by atoms with Crippen molar-refractivity contribution in [3.05, 3.63) is 17.8 Å². The van der Waals surface area contributed by atoms with Crippen molar-refractivity contribution in [1.29, 1.82) is 5.26 Å². The third-order valence-electron chi connectivity index (χ3n) is 1.93. The van der Waals surface area contributed by atoms with Gasteiger partial charge in [0, 0.05) is 0 Å². The van der Waals surface area contributed by atoms with Crippen molar-refractivity contribution in [2.75, 3.05) is 0 Å². The smallest absolute Gasteiger partial charge is 0.408 e. The lowest BCUT2D eigenvalue weighted by atomic mass is 10.2. The number of nitrogens with zero attached hydrogens (tertiary/aromatic N) is 2. The number of oxazole rings is 1. The summed E-state index contributed by atoms with van der Waals surface area (Å²) >= 11 is 0. The molecule has 6 heteroatoms. The fraction of sp³-hybridized carbons (Fsp3) is 0.583. The maximum absolute atomic E-state index is 11.5. The van der Waals surface area contributed by atoms with Gasteiger partial charge in [0.15, 0.2) is 0 Å². The van der Waals surface area contributed by atoms with Gasteiger partial charge in [-0.3, -0.25) is 0 Å². The van der Waals surface area contributed by atoms with Crippen molar-refractivity contribution in [1.82, 2.24) is 10.3 Å². The monoisotopic (exact) mass is 251 g/mol. The Kier molecular flexibility index (Phi) is 4.32. The van der Waals surface area contributed by atoms with Crippen LogP contribution in [0.4, 0.5) is 4.79 Å². The molecule has 1 unspecified atom stereocenters. The molecule has 1 rings (SSSR count). The molecule has 18 heavy (non-hydrogen) atoms. The summed E-state index contributed by atoms with van der Waals surface area (Å²) in [6.45, 7) is 7.08. The highest BCUT2D eigenvalue weighted by Crippen LogP contribution is 2.14. The minimum absolute atomic E-state index is 0.159. The van der Waals surface area contributed by atoms with Gasteiger partial charge < -0.3 is 14.5 Å². The van der Waals surface area contributed by atoms with Crippen LogP contribution >= 0.6 is 0 Å². The number of carbonyl (C=O) groups is 1. The number of ether oxygens (including phenoxy) is 1. The average Bonchev–Trinajstić information content (AvgIpc) is 2.63. The molecule has 98 valence electrons. The highest BCUT2D eigenvalue weighted by atomic mass is 16.6. The van der Waals surface area contributed by atoms with E-state index in [1.807, 2.05) is 6.07 Å². The van der Waals surface area contributed by atoms with Crippen molar-refractivity contribution in [3.8, 4) is 6.07 Å². The van der Waals surface area contributed by atoms with Gasteiger partial charge in [0.25, 0.3) is 0 Å². The molecule has 0 fully saturated rings. The van der Waals surface area contributed by atoms with E-state index in [2.05, 4.69) is 10.3 Å². The Balaban J connectivity index is 2.57. The molecule has 1 atom stereocenters. The number of hydrogen-bond donors (Lipinski definition) is 1. The molecule has 0 radical (unpaired) electrons. The second kappa shape index (κ2) is 5.54. The van der Waals surface area contributed by atoms with E-state index >= 15 is 0 Å². The van der Waals surface area contributed by atoms with Gasteiger partial charge in [0.05, 0.1) is 18.7 Å². The maximum atomic E-state index is 11.5. The minimum atomic E-state index is -0.549. The number of nitriles is 1. The highest BCUT2D eigenvalue weighted by molar-refractivity contribution is 5.68.